The average Bonchev–Trinajstić information content (AvgIpc) is 2.37. The molecule has 0 aromatic rings. The molecular weight excluding hydrogens is 252 g/mol. The number of imide groups is 1. The van der Waals surface area contributed by atoms with E-state index in [1.165, 1.54) is 0 Å². The van der Waals surface area contributed by atoms with Crippen LogP contribution < -0.4 is 5.32 Å². The Labute approximate surface area is 111 Å². The zero-order valence-electron chi connectivity index (χ0n) is 11.1. The first-order chi connectivity index (χ1) is 9.02. The summed E-state index contributed by atoms with van der Waals surface area (Å²) in [7, 11) is 1.65. The third-order valence-corrected chi connectivity index (χ3v) is 3.12. The quantitative estimate of drug-likeness (QED) is 0.757. The normalized spacial score (nSPS) is 16.2. The lowest BCUT2D eigenvalue weighted by Gasteiger charge is -2.31. The number of ether oxygens (including phenoxy) is 1. The van der Waals surface area contributed by atoms with Gasteiger partial charge in [0.05, 0.1) is 6.42 Å². The number of urea groups is 1. The lowest BCUT2D eigenvalue weighted by Crippen LogP contribution is -2.46. The van der Waals surface area contributed by atoms with Crippen molar-refractivity contribution in [2.24, 2.45) is 5.92 Å². The van der Waals surface area contributed by atoms with E-state index in [9.17, 15) is 14.4 Å². The Morgan fingerprint density at radius 3 is 2.42 bits per heavy atom. The monoisotopic (exact) mass is 272 g/mol. The van der Waals surface area contributed by atoms with E-state index >= 15 is 0 Å². The van der Waals surface area contributed by atoms with Crippen LogP contribution in [0.25, 0.3) is 0 Å². The highest BCUT2D eigenvalue weighted by Gasteiger charge is 2.23. The smallest absolute Gasteiger partial charge is 0.324 e. The molecule has 7 nitrogen and oxygen atoms in total. The molecule has 19 heavy (non-hydrogen) atoms. The third-order valence-electron chi connectivity index (χ3n) is 3.12. The maximum absolute atomic E-state index is 11.7. The van der Waals surface area contributed by atoms with E-state index in [0.29, 0.717) is 25.6 Å². The van der Waals surface area contributed by atoms with Gasteiger partial charge in [0.15, 0.2) is 0 Å². The van der Waals surface area contributed by atoms with E-state index in [4.69, 9.17) is 9.84 Å². The molecule has 0 atom stereocenters. The highest BCUT2D eigenvalue weighted by Crippen LogP contribution is 2.17. The fraction of sp³-hybridized carbons (Fsp3) is 0.750. The number of hydrogen-bond donors (Lipinski definition) is 2. The zero-order chi connectivity index (χ0) is 14.3. The number of rotatable bonds is 5. The van der Waals surface area contributed by atoms with Gasteiger partial charge in [-0.15, -0.1) is 0 Å². The molecule has 0 aliphatic carbocycles. The minimum Gasteiger partial charge on any atom is -0.481 e. The van der Waals surface area contributed by atoms with Gasteiger partial charge in [-0.25, -0.2) is 4.79 Å². The van der Waals surface area contributed by atoms with Gasteiger partial charge < -0.3 is 14.7 Å². The minimum atomic E-state index is -1.05. The van der Waals surface area contributed by atoms with Crippen LogP contribution in [0.3, 0.4) is 0 Å². The van der Waals surface area contributed by atoms with E-state index in [1.54, 1.807) is 12.0 Å². The lowest BCUT2D eigenvalue weighted by atomic mass is 9.98. The van der Waals surface area contributed by atoms with Crippen molar-refractivity contribution in [1.29, 1.82) is 0 Å². The van der Waals surface area contributed by atoms with Crippen LogP contribution in [0, 0.1) is 5.92 Å². The van der Waals surface area contributed by atoms with Crippen LogP contribution in [-0.2, 0) is 14.3 Å². The second-order valence-corrected chi connectivity index (χ2v) is 4.63. The van der Waals surface area contributed by atoms with Crippen LogP contribution in [0.2, 0.25) is 0 Å². The number of nitrogens with one attached hydrogen (secondary N) is 1. The van der Waals surface area contributed by atoms with Gasteiger partial charge in [0.2, 0.25) is 5.91 Å². The van der Waals surface area contributed by atoms with Gasteiger partial charge in [-0.3, -0.25) is 14.9 Å². The maximum atomic E-state index is 11.7. The van der Waals surface area contributed by atoms with Crippen molar-refractivity contribution in [1.82, 2.24) is 10.2 Å². The Balaban J connectivity index is 2.27. The van der Waals surface area contributed by atoms with Crippen molar-refractivity contribution in [2.45, 2.75) is 25.7 Å². The van der Waals surface area contributed by atoms with Gasteiger partial charge in [-0.2, -0.15) is 0 Å². The molecular formula is C12H20N2O5. The fourth-order valence-electron chi connectivity index (χ4n) is 2.02. The number of methoxy groups -OCH3 is 1. The van der Waals surface area contributed by atoms with Crippen molar-refractivity contribution in [2.75, 3.05) is 26.8 Å². The molecule has 1 aliphatic rings. The molecule has 1 heterocycles. The number of carboxylic acids is 1. The number of nitrogens with zero attached hydrogens (tertiary/aromatic N) is 1. The Morgan fingerprint density at radius 1 is 1.26 bits per heavy atom. The number of amides is 3. The van der Waals surface area contributed by atoms with Crippen molar-refractivity contribution in [3.05, 3.63) is 0 Å². The Kier molecular flexibility index (Phi) is 6.27. The molecule has 7 heteroatoms. The van der Waals surface area contributed by atoms with Crippen LogP contribution in [0.15, 0.2) is 0 Å². The van der Waals surface area contributed by atoms with Crippen LogP contribution >= 0.6 is 0 Å². The molecule has 0 bridgehead atoms. The molecule has 1 rings (SSSR count). The number of likely N-dealkylation sites (tertiary alicyclic amines) is 1. The number of aliphatic carboxylic acids is 1. The van der Waals surface area contributed by atoms with Gasteiger partial charge >= 0.3 is 12.0 Å². The van der Waals surface area contributed by atoms with E-state index in [1.807, 2.05) is 0 Å². The van der Waals surface area contributed by atoms with Gasteiger partial charge in [-0.05, 0) is 18.8 Å². The van der Waals surface area contributed by atoms with Gasteiger partial charge in [-0.1, -0.05) is 0 Å². The predicted octanol–water partition coefficient (Wildman–Crippen LogP) is 0.446. The van der Waals surface area contributed by atoms with Crippen LogP contribution in [0.4, 0.5) is 4.79 Å². The SMILES string of the molecule is COCC1CCN(C(=O)NC(=O)CCC(=O)O)CC1. The van der Waals surface area contributed by atoms with Crippen molar-refractivity contribution in [3.63, 3.8) is 0 Å². The first-order valence-corrected chi connectivity index (χ1v) is 6.32. The highest BCUT2D eigenvalue weighted by molar-refractivity contribution is 5.95. The number of hydrogen-bond acceptors (Lipinski definition) is 4. The summed E-state index contributed by atoms with van der Waals surface area (Å²) in [5, 5.41) is 10.6. The summed E-state index contributed by atoms with van der Waals surface area (Å²) in [4.78, 5) is 34.9. The van der Waals surface area contributed by atoms with E-state index in [-0.39, 0.29) is 12.8 Å². The number of carboxylic acid groups (broad SMARTS) is 1. The lowest BCUT2D eigenvalue weighted by molar-refractivity contribution is -0.138. The summed E-state index contributed by atoms with van der Waals surface area (Å²) in [5.41, 5.74) is 0. The van der Waals surface area contributed by atoms with Crippen molar-refractivity contribution in [3.8, 4) is 0 Å². The van der Waals surface area contributed by atoms with Gasteiger partial charge in [0, 0.05) is 33.2 Å². The molecule has 0 spiro atoms. The molecule has 1 saturated heterocycles. The Bertz CT molecular complexity index is 337. The van der Waals surface area contributed by atoms with Gasteiger partial charge in [0.25, 0.3) is 0 Å². The molecule has 0 radical (unpaired) electrons. The maximum Gasteiger partial charge on any atom is 0.324 e. The molecule has 0 saturated carbocycles. The van der Waals surface area contributed by atoms with E-state index in [2.05, 4.69) is 5.32 Å². The largest absolute Gasteiger partial charge is 0.481 e. The zero-order valence-corrected chi connectivity index (χ0v) is 11.1. The molecule has 0 aromatic heterocycles. The summed E-state index contributed by atoms with van der Waals surface area (Å²) < 4.78 is 5.07. The average molecular weight is 272 g/mol. The second-order valence-electron chi connectivity index (χ2n) is 4.63. The van der Waals surface area contributed by atoms with E-state index < -0.39 is 17.9 Å². The first-order valence-electron chi connectivity index (χ1n) is 6.32. The number of carbonyl (C=O) groups is 3. The summed E-state index contributed by atoms with van der Waals surface area (Å²) in [6.07, 6.45) is 1.26. The summed E-state index contributed by atoms with van der Waals surface area (Å²) in [6.45, 7) is 1.87. The summed E-state index contributed by atoms with van der Waals surface area (Å²) >= 11 is 0. The highest BCUT2D eigenvalue weighted by atomic mass is 16.5. The van der Waals surface area contributed by atoms with Crippen LogP contribution in [0.1, 0.15) is 25.7 Å². The van der Waals surface area contributed by atoms with Crippen LogP contribution in [0.5, 0.6) is 0 Å². The molecule has 3 amide bonds. The van der Waals surface area contributed by atoms with Crippen molar-refractivity contribution < 1.29 is 24.2 Å². The number of piperidine rings is 1. The van der Waals surface area contributed by atoms with Crippen molar-refractivity contribution >= 4 is 17.9 Å². The summed E-state index contributed by atoms with van der Waals surface area (Å²) in [6, 6.07) is -0.439. The Morgan fingerprint density at radius 2 is 1.89 bits per heavy atom. The first kappa shape index (κ1) is 15.4. The Hall–Kier alpha value is -1.63. The molecule has 0 unspecified atom stereocenters. The summed E-state index contributed by atoms with van der Waals surface area (Å²) in [5.74, 6) is -1.15. The molecule has 1 fully saturated rings. The van der Waals surface area contributed by atoms with E-state index in [0.717, 1.165) is 12.8 Å². The molecule has 2 N–H and O–H groups in total. The minimum absolute atomic E-state index is 0.179. The van der Waals surface area contributed by atoms with Gasteiger partial charge in [0.1, 0.15) is 0 Å². The number of carbonyl (C=O) groups excluding carboxylic acids is 2. The third kappa shape index (κ3) is 5.69. The molecule has 1 aliphatic heterocycles. The fourth-order valence-corrected chi connectivity index (χ4v) is 2.02. The van der Waals surface area contributed by atoms with Crippen LogP contribution in [-0.4, -0.2) is 54.7 Å². The topological polar surface area (TPSA) is 95.9 Å². The second kappa shape index (κ2) is 7.73. The standard InChI is InChI=1S/C12H20N2O5/c1-19-8-9-4-6-14(7-5-9)12(18)13-10(15)2-3-11(16)17/h9H,2-8H2,1H3,(H,16,17)(H,13,15,18). The molecule has 0 aromatic carbocycles. The predicted molar refractivity (Wildman–Crippen MR) is 66.6 cm³/mol. The molecule has 108 valence electrons.